The van der Waals surface area contributed by atoms with E-state index < -0.39 is 47.7 Å². The molecule has 0 saturated carbocycles. The molecule has 1 heterocycles. The Labute approximate surface area is 214 Å². The molecule has 9 heteroatoms. The number of Topliss-reactive ketones (excluding diaryl/α,β-unsaturated/α-hetero) is 1. The molecular formula is C28H32F3NO5. The summed E-state index contributed by atoms with van der Waals surface area (Å²) in [5.41, 5.74) is -3.17. The first kappa shape index (κ1) is 28.4. The van der Waals surface area contributed by atoms with Crippen molar-refractivity contribution in [3.05, 3.63) is 71.8 Å². The number of carbonyl (C=O) groups is 3. The van der Waals surface area contributed by atoms with Crippen molar-refractivity contribution >= 4 is 17.7 Å². The fourth-order valence-electron chi connectivity index (χ4n) is 4.82. The molecule has 0 bridgehead atoms. The number of rotatable bonds is 11. The summed E-state index contributed by atoms with van der Waals surface area (Å²) in [6.07, 6.45) is -6.08. The van der Waals surface area contributed by atoms with Crippen molar-refractivity contribution < 1.29 is 37.0 Å². The summed E-state index contributed by atoms with van der Waals surface area (Å²) in [7, 11) is 0.776. The monoisotopic (exact) mass is 519 g/mol. The highest BCUT2D eigenvalue weighted by Crippen LogP contribution is 2.44. The number of hydrogen-bond donors (Lipinski definition) is 1. The van der Waals surface area contributed by atoms with Gasteiger partial charge in [0.15, 0.2) is 0 Å². The number of esters is 1. The van der Waals surface area contributed by atoms with Crippen molar-refractivity contribution in [3.63, 3.8) is 0 Å². The summed E-state index contributed by atoms with van der Waals surface area (Å²) < 4.78 is 53.5. The fraction of sp³-hybridized carbons (Fsp3) is 0.464. The molecule has 0 radical (unpaired) electrons. The van der Waals surface area contributed by atoms with Gasteiger partial charge in [-0.15, -0.1) is 0 Å². The molecule has 1 saturated heterocycles. The van der Waals surface area contributed by atoms with Gasteiger partial charge in [0.25, 0.3) is 5.60 Å². The second-order valence-corrected chi connectivity index (χ2v) is 9.78. The minimum atomic E-state index is -5.17. The third-order valence-corrected chi connectivity index (χ3v) is 6.53. The molecule has 1 aliphatic heterocycles. The van der Waals surface area contributed by atoms with Crippen LogP contribution >= 0.6 is 0 Å². The highest BCUT2D eigenvalue weighted by Gasteiger charge is 2.64. The first-order chi connectivity index (χ1) is 17.5. The molecule has 0 spiro atoms. The van der Waals surface area contributed by atoms with Crippen molar-refractivity contribution in [2.75, 3.05) is 7.11 Å². The molecule has 4 atom stereocenters. The number of ether oxygens (including phenoxy) is 2. The van der Waals surface area contributed by atoms with Gasteiger partial charge in [0.1, 0.15) is 11.9 Å². The van der Waals surface area contributed by atoms with Crippen molar-refractivity contribution in [3.8, 4) is 0 Å². The van der Waals surface area contributed by atoms with Crippen LogP contribution in [0.15, 0.2) is 60.7 Å². The molecule has 1 amide bonds. The van der Waals surface area contributed by atoms with E-state index in [9.17, 15) is 27.6 Å². The van der Waals surface area contributed by atoms with Gasteiger partial charge < -0.3 is 14.8 Å². The Morgan fingerprint density at radius 1 is 1.03 bits per heavy atom. The molecule has 0 aliphatic carbocycles. The van der Waals surface area contributed by atoms with Crippen molar-refractivity contribution in [1.82, 2.24) is 5.32 Å². The highest BCUT2D eigenvalue weighted by molar-refractivity contribution is 5.87. The van der Waals surface area contributed by atoms with E-state index in [1.807, 2.05) is 13.8 Å². The number of nitrogens with one attached hydrogen (secondary N) is 1. The summed E-state index contributed by atoms with van der Waals surface area (Å²) >= 11 is 0. The van der Waals surface area contributed by atoms with Crippen LogP contribution in [-0.2, 0) is 35.9 Å². The Bertz CT molecular complexity index is 1070. The summed E-state index contributed by atoms with van der Waals surface area (Å²) in [4.78, 5) is 39.1. The van der Waals surface area contributed by atoms with Gasteiger partial charge in [-0.2, -0.15) is 13.2 Å². The van der Waals surface area contributed by atoms with Gasteiger partial charge in [-0.3, -0.25) is 9.59 Å². The maximum Gasteiger partial charge on any atom is 0.432 e. The van der Waals surface area contributed by atoms with E-state index >= 15 is 0 Å². The summed E-state index contributed by atoms with van der Waals surface area (Å²) in [6.45, 7) is 3.97. The molecule has 2 aromatic rings. The average molecular weight is 520 g/mol. The lowest BCUT2D eigenvalue weighted by atomic mass is 9.89. The lowest BCUT2D eigenvalue weighted by molar-refractivity contribution is -0.278. The van der Waals surface area contributed by atoms with Crippen LogP contribution in [0, 0.1) is 11.8 Å². The zero-order chi connectivity index (χ0) is 27.2. The second kappa shape index (κ2) is 11.9. The predicted octanol–water partition coefficient (Wildman–Crippen LogP) is 4.76. The maximum atomic E-state index is 14.4. The van der Waals surface area contributed by atoms with E-state index in [-0.39, 0.29) is 30.6 Å². The van der Waals surface area contributed by atoms with Gasteiger partial charge in [0, 0.05) is 31.6 Å². The minimum Gasteiger partial charge on any atom is -0.458 e. The number of hydrogen-bond acceptors (Lipinski definition) is 5. The van der Waals surface area contributed by atoms with E-state index in [1.165, 1.54) is 18.2 Å². The minimum absolute atomic E-state index is 0.00791. The number of alkyl halides is 3. The molecule has 200 valence electrons. The van der Waals surface area contributed by atoms with Crippen LogP contribution in [0.5, 0.6) is 0 Å². The lowest BCUT2D eigenvalue weighted by Crippen LogP contribution is -2.53. The zero-order valence-corrected chi connectivity index (χ0v) is 21.1. The van der Waals surface area contributed by atoms with Crippen LogP contribution in [0.1, 0.15) is 44.2 Å². The molecule has 3 rings (SSSR count). The lowest BCUT2D eigenvalue weighted by Gasteiger charge is -2.34. The normalized spacial score (nSPS) is 20.2. The second-order valence-electron chi connectivity index (χ2n) is 9.78. The van der Waals surface area contributed by atoms with Crippen LogP contribution in [0.3, 0.4) is 0 Å². The van der Waals surface area contributed by atoms with Crippen molar-refractivity contribution in [1.29, 1.82) is 0 Å². The van der Waals surface area contributed by atoms with Gasteiger partial charge in [-0.05, 0) is 24.3 Å². The summed E-state index contributed by atoms with van der Waals surface area (Å²) in [6, 6.07) is 15.0. The third-order valence-electron chi connectivity index (χ3n) is 6.53. The SMILES string of the molecule is CO[C@](C(=O)O[C@@H](CC(=O)Cc1ccccc1)[C@H]1C[C@H](CC(C)C)NC1=O)(c1ccccc1)C(F)(F)F. The maximum absolute atomic E-state index is 14.4. The summed E-state index contributed by atoms with van der Waals surface area (Å²) in [5, 5.41) is 2.83. The standard InChI is InChI=1S/C28H32F3NO5/c1-18(2)14-21-16-23(25(34)32-21)24(17-22(33)15-19-10-6-4-7-11-19)37-26(35)27(36-3,28(29,30)31)20-12-8-5-9-13-20/h4-13,18,21,23-24H,14-17H2,1-3H3,(H,32,34)/t21-,23+,24-,27-/m0/s1. The first-order valence-electron chi connectivity index (χ1n) is 12.2. The molecule has 37 heavy (non-hydrogen) atoms. The molecule has 2 aromatic carbocycles. The van der Waals surface area contributed by atoms with Gasteiger partial charge in [-0.25, -0.2) is 4.79 Å². The Kier molecular flexibility index (Phi) is 9.12. The van der Waals surface area contributed by atoms with E-state index in [0.29, 0.717) is 12.0 Å². The topological polar surface area (TPSA) is 81.7 Å². The van der Waals surface area contributed by atoms with Crippen LogP contribution in [0.2, 0.25) is 0 Å². The molecule has 6 nitrogen and oxygen atoms in total. The van der Waals surface area contributed by atoms with Gasteiger partial charge in [0.2, 0.25) is 5.91 Å². The number of amides is 1. The predicted molar refractivity (Wildman–Crippen MR) is 130 cm³/mol. The quantitative estimate of drug-likeness (QED) is 0.433. The molecule has 1 N–H and O–H groups in total. The van der Waals surface area contributed by atoms with E-state index in [1.54, 1.807) is 30.3 Å². The number of halogens is 3. The Balaban J connectivity index is 1.92. The van der Waals surface area contributed by atoms with E-state index in [0.717, 1.165) is 19.2 Å². The molecule has 0 aromatic heterocycles. The van der Waals surface area contributed by atoms with Crippen molar-refractivity contribution in [2.45, 2.75) is 63.5 Å². The molecule has 1 aliphatic rings. The van der Waals surface area contributed by atoms with Gasteiger partial charge in [0.05, 0.1) is 5.92 Å². The smallest absolute Gasteiger partial charge is 0.432 e. The summed E-state index contributed by atoms with van der Waals surface area (Å²) in [5.74, 6) is -3.24. The number of methoxy groups -OCH3 is 1. The van der Waals surface area contributed by atoms with Crippen molar-refractivity contribution in [2.24, 2.45) is 11.8 Å². The molecular weight excluding hydrogens is 487 g/mol. The molecule has 1 fully saturated rings. The van der Waals surface area contributed by atoms with Crippen LogP contribution in [-0.4, -0.2) is 43.1 Å². The van der Waals surface area contributed by atoms with Crippen LogP contribution < -0.4 is 5.32 Å². The Hall–Kier alpha value is -3.20. The number of ketones is 1. The first-order valence-corrected chi connectivity index (χ1v) is 12.2. The fourth-order valence-corrected chi connectivity index (χ4v) is 4.82. The Morgan fingerprint density at radius 3 is 2.16 bits per heavy atom. The van der Waals surface area contributed by atoms with Crippen LogP contribution in [0.4, 0.5) is 13.2 Å². The Morgan fingerprint density at radius 2 is 1.62 bits per heavy atom. The largest absolute Gasteiger partial charge is 0.458 e. The third kappa shape index (κ3) is 6.57. The molecule has 0 unspecified atom stereocenters. The average Bonchev–Trinajstić information content (AvgIpc) is 3.19. The van der Waals surface area contributed by atoms with Crippen LogP contribution in [0.25, 0.3) is 0 Å². The van der Waals surface area contributed by atoms with E-state index in [4.69, 9.17) is 9.47 Å². The van der Waals surface area contributed by atoms with E-state index in [2.05, 4.69) is 5.32 Å². The van der Waals surface area contributed by atoms with Gasteiger partial charge in [-0.1, -0.05) is 74.5 Å². The number of carbonyl (C=O) groups excluding carboxylic acids is 3. The van der Waals surface area contributed by atoms with Gasteiger partial charge >= 0.3 is 12.1 Å². The highest BCUT2D eigenvalue weighted by atomic mass is 19.4. The number of benzene rings is 2. The zero-order valence-electron chi connectivity index (χ0n) is 21.1.